The lowest BCUT2D eigenvalue weighted by molar-refractivity contribution is -0.222. The van der Waals surface area contributed by atoms with E-state index in [9.17, 15) is 9.59 Å². The van der Waals surface area contributed by atoms with E-state index in [-0.39, 0.29) is 5.57 Å². The molecule has 8 heteroatoms. The summed E-state index contributed by atoms with van der Waals surface area (Å²) in [4.78, 5) is 24.0. The first-order chi connectivity index (χ1) is 12.7. The molecule has 2 aromatic rings. The average molecular weight is 408 g/mol. The summed E-state index contributed by atoms with van der Waals surface area (Å²) in [5, 5.41) is 3.87. The number of carbonyl (C=O) groups is 2. The molecule has 0 spiro atoms. The molecule has 0 amide bonds. The van der Waals surface area contributed by atoms with Crippen LogP contribution in [0.25, 0.3) is 0 Å². The highest BCUT2D eigenvalue weighted by molar-refractivity contribution is 6.31. The van der Waals surface area contributed by atoms with E-state index in [1.54, 1.807) is 42.5 Å². The van der Waals surface area contributed by atoms with Gasteiger partial charge in [0, 0.05) is 30.1 Å². The molecule has 0 aromatic heterocycles. The number of rotatable bonds is 4. The van der Waals surface area contributed by atoms with Gasteiger partial charge < -0.3 is 19.5 Å². The Morgan fingerprint density at radius 2 is 1.56 bits per heavy atom. The fraction of sp³-hybridized carbons (Fsp3) is 0.158. The zero-order valence-electron chi connectivity index (χ0n) is 14.4. The van der Waals surface area contributed by atoms with E-state index in [1.807, 2.05) is 0 Å². The predicted molar refractivity (Wildman–Crippen MR) is 101 cm³/mol. The van der Waals surface area contributed by atoms with Gasteiger partial charge >= 0.3 is 11.9 Å². The highest BCUT2D eigenvalue weighted by Crippen LogP contribution is 2.33. The zero-order chi connectivity index (χ0) is 19.6. The first-order valence-electron chi connectivity index (χ1n) is 7.90. The van der Waals surface area contributed by atoms with Crippen LogP contribution in [0.4, 0.5) is 5.69 Å². The predicted octanol–water partition coefficient (Wildman–Crippen LogP) is 4.92. The van der Waals surface area contributed by atoms with Crippen LogP contribution < -0.4 is 10.1 Å². The second kappa shape index (κ2) is 7.50. The maximum atomic E-state index is 12.0. The van der Waals surface area contributed by atoms with Gasteiger partial charge in [-0.05, 0) is 42.5 Å². The zero-order valence-corrected chi connectivity index (χ0v) is 15.9. The summed E-state index contributed by atoms with van der Waals surface area (Å²) in [7, 11) is 0. The van der Waals surface area contributed by atoms with Crippen molar-refractivity contribution in [3.05, 3.63) is 64.3 Å². The highest BCUT2D eigenvalue weighted by Gasteiger charge is 2.39. The van der Waals surface area contributed by atoms with E-state index in [4.69, 9.17) is 37.4 Å². The van der Waals surface area contributed by atoms with Crippen LogP contribution in [-0.4, -0.2) is 17.7 Å². The van der Waals surface area contributed by atoms with Crippen LogP contribution in [0.2, 0.25) is 10.0 Å². The second-order valence-electron chi connectivity index (χ2n) is 6.08. The molecule has 27 heavy (non-hydrogen) atoms. The fourth-order valence-corrected chi connectivity index (χ4v) is 2.56. The van der Waals surface area contributed by atoms with Crippen LogP contribution in [0, 0.1) is 0 Å². The van der Waals surface area contributed by atoms with Crippen molar-refractivity contribution in [2.24, 2.45) is 0 Å². The van der Waals surface area contributed by atoms with Crippen molar-refractivity contribution >= 4 is 40.8 Å². The molecule has 3 rings (SSSR count). The van der Waals surface area contributed by atoms with Gasteiger partial charge in [-0.3, -0.25) is 0 Å². The Morgan fingerprint density at radius 1 is 0.963 bits per heavy atom. The fourth-order valence-electron chi connectivity index (χ4n) is 2.26. The highest BCUT2D eigenvalue weighted by atomic mass is 35.5. The number of benzene rings is 2. The normalized spacial score (nSPS) is 15.6. The van der Waals surface area contributed by atoms with Crippen molar-refractivity contribution in [2.45, 2.75) is 19.6 Å². The van der Waals surface area contributed by atoms with Crippen LogP contribution in [0.3, 0.4) is 0 Å². The number of hydrogen-bond donors (Lipinski definition) is 1. The Morgan fingerprint density at radius 3 is 2.19 bits per heavy atom. The van der Waals surface area contributed by atoms with Crippen LogP contribution in [-0.2, 0) is 19.1 Å². The van der Waals surface area contributed by atoms with Gasteiger partial charge in [-0.15, -0.1) is 0 Å². The Kier molecular flexibility index (Phi) is 5.30. The number of cyclic esters (lactones) is 2. The number of halogens is 2. The number of esters is 2. The molecule has 1 heterocycles. The van der Waals surface area contributed by atoms with Crippen LogP contribution >= 0.6 is 23.2 Å². The number of ether oxygens (including phenoxy) is 3. The molecule has 0 bridgehead atoms. The van der Waals surface area contributed by atoms with Gasteiger partial charge in [-0.1, -0.05) is 23.2 Å². The summed E-state index contributed by atoms with van der Waals surface area (Å²) in [5.74, 6) is -1.89. The quantitative estimate of drug-likeness (QED) is 0.440. The Balaban J connectivity index is 1.84. The third-order valence-electron chi connectivity index (χ3n) is 3.47. The van der Waals surface area contributed by atoms with E-state index in [0.717, 1.165) is 0 Å². The summed E-state index contributed by atoms with van der Waals surface area (Å²) in [5.41, 5.74) is 0.169. The van der Waals surface area contributed by atoms with Crippen molar-refractivity contribution in [1.82, 2.24) is 0 Å². The van der Waals surface area contributed by atoms with Crippen LogP contribution in [0.1, 0.15) is 13.8 Å². The smallest absolute Gasteiger partial charge is 0.350 e. The Bertz CT molecular complexity index is 900. The molecule has 140 valence electrons. The van der Waals surface area contributed by atoms with Gasteiger partial charge in [0.2, 0.25) is 0 Å². The second-order valence-corrected chi connectivity index (χ2v) is 6.95. The van der Waals surface area contributed by atoms with Crippen molar-refractivity contribution in [1.29, 1.82) is 0 Å². The van der Waals surface area contributed by atoms with Gasteiger partial charge in [0.25, 0.3) is 5.79 Å². The Labute approximate surface area is 165 Å². The number of hydrogen-bond acceptors (Lipinski definition) is 6. The van der Waals surface area contributed by atoms with Crippen molar-refractivity contribution in [3.63, 3.8) is 0 Å². The lowest BCUT2D eigenvalue weighted by Crippen LogP contribution is -2.42. The lowest BCUT2D eigenvalue weighted by Gasteiger charge is -2.29. The summed E-state index contributed by atoms with van der Waals surface area (Å²) < 4.78 is 15.9. The summed E-state index contributed by atoms with van der Waals surface area (Å²) in [6.45, 7) is 2.95. The first kappa shape index (κ1) is 19.1. The number of nitrogens with one attached hydrogen (secondary N) is 1. The van der Waals surface area contributed by atoms with Gasteiger partial charge in [0.1, 0.15) is 5.75 Å². The van der Waals surface area contributed by atoms with E-state index < -0.39 is 17.7 Å². The largest absolute Gasteiger partial charge is 0.455 e. The maximum Gasteiger partial charge on any atom is 0.350 e. The molecule has 1 fully saturated rings. The summed E-state index contributed by atoms with van der Waals surface area (Å²) >= 11 is 11.9. The van der Waals surface area contributed by atoms with Gasteiger partial charge in [0.15, 0.2) is 11.3 Å². The average Bonchev–Trinajstić information content (AvgIpc) is 2.57. The van der Waals surface area contributed by atoms with Crippen LogP contribution in [0.5, 0.6) is 11.5 Å². The number of carbonyl (C=O) groups excluding carboxylic acids is 2. The molecular weight excluding hydrogens is 393 g/mol. The first-order valence-corrected chi connectivity index (χ1v) is 8.65. The Hall–Kier alpha value is -2.70. The van der Waals surface area contributed by atoms with E-state index in [1.165, 1.54) is 20.0 Å². The van der Waals surface area contributed by atoms with E-state index in [2.05, 4.69) is 5.32 Å². The molecule has 6 nitrogen and oxygen atoms in total. The van der Waals surface area contributed by atoms with Crippen molar-refractivity contribution < 1.29 is 23.8 Å². The molecule has 1 aliphatic heterocycles. The molecule has 0 saturated carbocycles. The minimum atomic E-state index is -1.30. The molecule has 0 atom stereocenters. The molecule has 1 saturated heterocycles. The van der Waals surface area contributed by atoms with Crippen molar-refractivity contribution in [3.8, 4) is 11.5 Å². The topological polar surface area (TPSA) is 73.9 Å². The molecule has 1 N–H and O–H groups in total. The minimum Gasteiger partial charge on any atom is -0.455 e. The molecule has 0 unspecified atom stereocenters. The molecule has 1 aliphatic rings. The maximum absolute atomic E-state index is 12.0. The van der Waals surface area contributed by atoms with Crippen molar-refractivity contribution in [2.75, 3.05) is 5.32 Å². The molecule has 0 aliphatic carbocycles. The molecular formula is C19H15Cl2NO5. The molecule has 0 radical (unpaired) electrons. The van der Waals surface area contributed by atoms with Gasteiger partial charge in [-0.2, -0.15) is 0 Å². The van der Waals surface area contributed by atoms with Gasteiger partial charge in [0.05, 0.1) is 5.69 Å². The summed E-state index contributed by atoms with van der Waals surface area (Å²) in [6, 6.07) is 11.7. The third kappa shape index (κ3) is 4.72. The SMILES string of the molecule is CC1(C)OC(=O)C(=CNc2cc(Cl)ccc2Oc2ccc(Cl)cc2)C(=O)O1. The van der Waals surface area contributed by atoms with E-state index in [0.29, 0.717) is 27.2 Å². The summed E-state index contributed by atoms with van der Waals surface area (Å²) in [6.07, 6.45) is 1.19. The standard InChI is InChI=1S/C19H15Cl2NO5/c1-19(2)26-17(23)14(18(24)27-19)10-22-15-9-12(21)5-8-16(15)25-13-6-3-11(20)4-7-13/h3-10,22H,1-2H3. The third-order valence-corrected chi connectivity index (χ3v) is 3.96. The van der Waals surface area contributed by atoms with E-state index >= 15 is 0 Å². The molecule has 2 aromatic carbocycles. The monoisotopic (exact) mass is 407 g/mol. The lowest BCUT2D eigenvalue weighted by atomic mass is 10.2. The number of anilines is 1. The van der Waals surface area contributed by atoms with Gasteiger partial charge in [-0.25, -0.2) is 9.59 Å². The van der Waals surface area contributed by atoms with Crippen LogP contribution in [0.15, 0.2) is 54.2 Å². The minimum absolute atomic E-state index is 0.272.